The van der Waals surface area contributed by atoms with Gasteiger partial charge in [-0.25, -0.2) is 22.3 Å². The van der Waals surface area contributed by atoms with Gasteiger partial charge < -0.3 is 19.9 Å². The molecule has 0 aliphatic carbocycles. The van der Waals surface area contributed by atoms with Crippen molar-refractivity contribution in [3.05, 3.63) is 35.9 Å². The van der Waals surface area contributed by atoms with E-state index in [9.17, 15) is 17.6 Å². The predicted octanol–water partition coefficient (Wildman–Crippen LogP) is 1.10. The Kier molecular flexibility index (Phi) is 7.22. The first-order valence-electron chi connectivity index (χ1n) is 11.3. The average Bonchev–Trinajstić information content (AvgIpc) is 3.39. The van der Waals surface area contributed by atoms with Gasteiger partial charge in [0.15, 0.2) is 5.82 Å². The van der Waals surface area contributed by atoms with Crippen LogP contribution in [0, 0.1) is 5.82 Å². The van der Waals surface area contributed by atoms with E-state index in [0.717, 1.165) is 25.6 Å². The van der Waals surface area contributed by atoms with Crippen LogP contribution in [0.1, 0.15) is 31.6 Å². The fourth-order valence-electron chi connectivity index (χ4n) is 4.47. The summed E-state index contributed by atoms with van der Waals surface area (Å²) in [7, 11) is -3.46. The van der Waals surface area contributed by atoms with Gasteiger partial charge in [0.05, 0.1) is 18.8 Å². The Bertz CT molecular complexity index is 1120. The number of carbonyl (C=O) groups excluding carboxylic acids is 1. The van der Waals surface area contributed by atoms with Crippen LogP contribution < -0.4 is 19.7 Å². The number of benzene rings is 1. The van der Waals surface area contributed by atoms with E-state index in [1.165, 1.54) is 12.1 Å². The number of sulfonamides is 1. The number of anilines is 1. The number of urea groups is 1. The molecule has 13 heteroatoms. The number of ether oxygens (including phenoxy) is 1. The van der Waals surface area contributed by atoms with Crippen LogP contribution in [-0.4, -0.2) is 79.2 Å². The van der Waals surface area contributed by atoms with Gasteiger partial charge in [-0.2, -0.15) is 0 Å². The van der Waals surface area contributed by atoms with E-state index in [1.807, 2.05) is 9.47 Å². The van der Waals surface area contributed by atoms with E-state index < -0.39 is 16.1 Å². The molecule has 1 aromatic carbocycles. The maximum absolute atomic E-state index is 13.5. The second-order valence-corrected chi connectivity index (χ2v) is 10.4. The molecule has 1 atom stereocenters. The minimum Gasteiger partial charge on any atom is -0.492 e. The zero-order valence-corrected chi connectivity index (χ0v) is 20.1. The Labute approximate surface area is 198 Å². The third-order valence-electron chi connectivity index (χ3n) is 6.00. The van der Waals surface area contributed by atoms with Crippen molar-refractivity contribution in [1.82, 2.24) is 29.7 Å². The Morgan fingerprint density at radius 2 is 2.03 bits per heavy atom. The number of hydrogen-bond donors (Lipinski definition) is 2. The highest BCUT2D eigenvalue weighted by Gasteiger charge is 2.32. The molecule has 0 saturated carbocycles. The van der Waals surface area contributed by atoms with Crippen molar-refractivity contribution in [2.45, 2.75) is 38.4 Å². The van der Waals surface area contributed by atoms with Crippen molar-refractivity contribution >= 4 is 22.0 Å². The van der Waals surface area contributed by atoms with Gasteiger partial charge >= 0.3 is 6.03 Å². The molecule has 34 heavy (non-hydrogen) atoms. The van der Waals surface area contributed by atoms with Gasteiger partial charge in [0, 0.05) is 38.3 Å². The maximum Gasteiger partial charge on any atom is 0.317 e. The lowest BCUT2D eigenvalue weighted by atomic mass is 10.0. The van der Waals surface area contributed by atoms with Crippen molar-refractivity contribution in [1.29, 1.82) is 0 Å². The first-order chi connectivity index (χ1) is 16.2. The summed E-state index contributed by atoms with van der Waals surface area (Å²) in [6.07, 6.45) is 2.69. The molecule has 2 saturated heterocycles. The Balaban J connectivity index is 1.49. The van der Waals surface area contributed by atoms with E-state index in [2.05, 4.69) is 25.1 Å². The largest absolute Gasteiger partial charge is 0.492 e. The van der Waals surface area contributed by atoms with Gasteiger partial charge in [0.25, 0.3) is 0 Å². The summed E-state index contributed by atoms with van der Waals surface area (Å²) in [5.74, 6) is 1.10. The van der Waals surface area contributed by atoms with Crippen LogP contribution in [0.4, 0.5) is 15.1 Å². The summed E-state index contributed by atoms with van der Waals surface area (Å²) < 4.78 is 47.1. The summed E-state index contributed by atoms with van der Waals surface area (Å²) >= 11 is 0. The maximum atomic E-state index is 13.5. The Hall–Kier alpha value is -2.93. The fraction of sp³-hybridized carbons (Fsp3) is 0.571. The molecular weight excluding hydrogens is 465 g/mol. The lowest BCUT2D eigenvalue weighted by molar-refractivity contribution is 0.186. The first-order valence-corrected chi connectivity index (χ1v) is 13.2. The molecule has 2 aliphatic heterocycles. The first kappa shape index (κ1) is 24.2. The molecule has 1 aromatic heterocycles. The third-order valence-corrected chi connectivity index (χ3v) is 6.78. The summed E-state index contributed by atoms with van der Waals surface area (Å²) in [5, 5.41) is 11.5. The second kappa shape index (κ2) is 10.1. The minimum absolute atomic E-state index is 0.0147. The van der Waals surface area contributed by atoms with Crippen molar-refractivity contribution < 1.29 is 22.3 Å². The van der Waals surface area contributed by atoms with Gasteiger partial charge in [-0.3, -0.25) is 4.57 Å². The smallest absolute Gasteiger partial charge is 0.317 e. The molecule has 0 bridgehead atoms. The zero-order valence-electron chi connectivity index (χ0n) is 19.3. The molecule has 2 amide bonds. The van der Waals surface area contributed by atoms with Crippen LogP contribution in [0.2, 0.25) is 0 Å². The topological polar surface area (TPSA) is 122 Å². The quantitative estimate of drug-likeness (QED) is 0.534. The highest BCUT2D eigenvalue weighted by molar-refractivity contribution is 7.88. The van der Waals surface area contributed by atoms with Crippen LogP contribution in [-0.2, 0) is 16.6 Å². The van der Waals surface area contributed by atoms with Gasteiger partial charge in [-0.05, 0) is 31.9 Å². The molecule has 1 unspecified atom stereocenters. The van der Waals surface area contributed by atoms with Gasteiger partial charge in [-0.15, -0.1) is 10.2 Å². The molecule has 0 spiro atoms. The molecule has 0 radical (unpaired) electrons. The summed E-state index contributed by atoms with van der Waals surface area (Å²) in [4.78, 5) is 16.0. The molecular formula is C21H30FN7O4S. The minimum atomic E-state index is -3.46. The predicted molar refractivity (Wildman–Crippen MR) is 124 cm³/mol. The van der Waals surface area contributed by atoms with Gasteiger partial charge in [-0.1, -0.05) is 6.07 Å². The fourth-order valence-corrected chi connectivity index (χ4v) is 5.22. The van der Waals surface area contributed by atoms with Crippen LogP contribution in [0.5, 0.6) is 5.75 Å². The van der Waals surface area contributed by atoms with Crippen molar-refractivity contribution in [3.63, 3.8) is 0 Å². The van der Waals surface area contributed by atoms with Gasteiger partial charge in [0.1, 0.15) is 18.2 Å². The van der Waals surface area contributed by atoms with Crippen LogP contribution in [0.3, 0.4) is 0 Å². The average molecular weight is 496 g/mol. The molecule has 2 aliphatic rings. The number of rotatable bonds is 9. The molecule has 11 nitrogen and oxygen atoms in total. The number of halogens is 1. The van der Waals surface area contributed by atoms with Crippen molar-refractivity contribution in [2.24, 2.45) is 0 Å². The number of hydrogen-bond acceptors (Lipinski definition) is 7. The normalized spacial score (nSPS) is 18.3. The van der Waals surface area contributed by atoms with E-state index >= 15 is 0 Å². The van der Waals surface area contributed by atoms with E-state index in [0.29, 0.717) is 43.7 Å². The number of carbonyl (C=O) groups is 1. The number of nitrogens with zero attached hydrogens (tertiary/aromatic N) is 5. The molecule has 3 heterocycles. The number of amides is 2. The Morgan fingerprint density at radius 3 is 2.68 bits per heavy atom. The lowest BCUT2D eigenvalue weighted by Crippen LogP contribution is -2.46. The number of nitrogens with one attached hydrogen (secondary N) is 2. The highest BCUT2D eigenvalue weighted by Crippen LogP contribution is 2.25. The molecule has 2 aromatic rings. The summed E-state index contributed by atoms with van der Waals surface area (Å²) in [5.41, 5.74) is 0. The van der Waals surface area contributed by atoms with Crippen molar-refractivity contribution in [2.75, 3.05) is 43.9 Å². The van der Waals surface area contributed by atoms with Crippen LogP contribution in [0.25, 0.3) is 0 Å². The van der Waals surface area contributed by atoms with Gasteiger partial charge in [0.2, 0.25) is 16.0 Å². The zero-order chi connectivity index (χ0) is 24.3. The van der Waals surface area contributed by atoms with Crippen LogP contribution in [0.15, 0.2) is 24.3 Å². The summed E-state index contributed by atoms with van der Waals surface area (Å²) in [6.45, 7) is 5.03. The molecule has 4 rings (SSSR count). The highest BCUT2D eigenvalue weighted by atomic mass is 32.2. The third kappa shape index (κ3) is 5.76. The van der Waals surface area contributed by atoms with Crippen LogP contribution >= 0.6 is 0 Å². The standard InChI is InChI=1S/C21H30FN7O4S/c1-15(26-34(2,31)32)19-24-25-20(29(19)12-13-33-18-5-3-4-16(22)14-18)27-9-6-17(7-10-27)28-11-8-23-21(28)30/h3-5,14-15,17,26H,6-13H2,1-2H3,(H,23,30). The van der Waals surface area contributed by atoms with Crippen molar-refractivity contribution in [3.8, 4) is 5.75 Å². The SMILES string of the molecule is CC(NS(C)(=O)=O)c1nnc(N2CCC(N3CCNC3=O)CC2)n1CCOc1cccc(F)c1. The number of aromatic nitrogens is 3. The van der Waals surface area contributed by atoms with E-state index in [-0.39, 0.29) is 24.5 Å². The Morgan fingerprint density at radius 1 is 1.26 bits per heavy atom. The second-order valence-electron chi connectivity index (χ2n) is 8.57. The monoisotopic (exact) mass is 495 g/mol. The molecule has 2 fully saturated rings. The molecule has 186 valence electrons. The lowest BCUT2D eigenvalue weighted by Gasteiger charge is -2.36. The van der Waals surface area contributed by atoms with E-state index in [4.69, 9.17) is 4.74 Å². The molecule has 2 N–H and O–H groups in total. The number of piperidine rings is 1. The summed E-state index contributed by atoms with van der Waals surface area (Å²) in [6, 6.07) is 5.46. The van der Waals surface area contributed by atoms with E-state index in [1.54, 1.807) is 19.1 Å².